The Kier molecular flexibility index (Phi) is 6.36. The van der Waals surface area contributed by atoms with Crippen molar-refractivity contribution in [3.63, 3.8) is 0 Å². The second-order valence-corrected chi connectivity index (χ2v) is 7.94. The summed E-state index contributed by atoms with van der Waals surface area (Å²) in [5.74, 6) is -2.15. The molecule has 0 spiro atoms. The number of ether oxygens (including phenoxy) is 1. The number of hydrogen-bond donors (Lipinski definition) is 1. The summed E-state index contributed by atoms with van der Waals surface area (Å²) >= 11 is 5.93. The van der Waals surface area contributed by atoms with Gasteiger partial charge in [-0.2, -0.15) is 0 Å². The van der Waals surface area contributed by atoms with Gasteiger partial charge in [-0.1, -0.05) is 23.7 Å². The number of Topliss-reactive ketones (excluding diaryl/α,β-unsaturated/α-hetero) is 1. The van der Waals surface area contributed by atoms with Crippen molar-refractivity contribution in [3.8, 4) is 0 Å². The van der Waals surface area contributed by atoms with E-state index in [9.17, 15) is 19.1 Å². The van der Waals surface area contributed by atoms with Crippen LogP contribution in [0.5, 0.6) is 0 Å². The van der Waals surface area contributed by atoms with E-state index in [4.69, 9.17) is 16.3 Å². The number of nitrogens with zero attached hydrogens (tertiary/aromatic N) is 2. The van der Waals surface area contributed by atoms with E-state index < -0.39 is 23.5 Å². The number of rotatable bonds is 5. The van der Waals surface area contributed by atoms with Crippen molar-refractivity contribution in [1.82, 2.24) is 9.80 Å². The van der Waals surface area contributed by atoms with E-state index in [0.29, 0.717) is 42.5 Å². The molecule has 1 N–H and O–H groups in total. The monoisotopic (exact) mass is 444 g/mol. The van der Waals surface area contributed by atoms with Gasteiger partial charge in [0.05, 0.1) is 24.8 Å². The highest BCUT2D eigenvalue weighted by atomic mass is 35.5. The SMILES string of the molecule is O=C1C(=O)N(CCN2CCOCC2)[C@H](c2ccc(F)cc2)C1=C(O)c1ccc(Cl)cc1. The largest absolute Gasteiger partial charge is 0.507 e. The normalized spacial score (nSPS) is 21.6. The molecule has 0 unspecified atom stereocenters. The second kappa shape index (κ2) is 9.18. The zero-order valence-electron chi connectivity index (χ0n) is 16.8. The van der Waals surface area contributed by atoms with Crippen molar-refractivity contribution >= 4 is 29.1 Å². The molecule has 162 valence electrons. The van der Waals surface area contributed by atoms with Crippen LogP contribution in [-0.4, -0.2) is 66.0 Å². The summed E-state index contributed by atoms with van der Waals surface area (Å²) < 4.78 is 18.9. The summed E-state index contributed by atoms with van der Waals surface area (Å²) in [6.07, 6.45) is 0. The van der Waals surface area contributed by atoms with Gasteiger partial charge in [-0.15, -0.1) is 0 Å². The minimum absolute atomic E-state index is 0.0130. The number of ketones is 1. The Labute approximate surface area is 184 Å². The number of benzene rings is 2. The molecule has 4 rings (SSSR count). The van der Waals surface area contributed by atoms with Crippen molar-refractivity contribution in [2.75, 3.05) is 39.4 Å². The van der Waals surface area contributed by atoms with Crippen molar-refractivity contribution in [3.05, 3.63) is 76.1 Å². The van der Waals surface area contributed by atoms with Crippen LogP contribution in [-0.2, 0) is 14.3 Å². The molecule has 2 fully saturated rings. The summed E-state index contributed by atoms with van der Waals surface area (Å²) in [6.45, 7) is 3.60. The molecule has 1 amide bonds. The minimum atomic E-state index is -0.808. The predicted molar refractivity (Wildman–Crippen MR) is 114 cm³/mol. The molecule has 2 aliphatic rings. The zero-order valence-corrected chi connectivity index (χ0v) is 17.5. The first-order valence-electron chi connectivity index (χ1n) is 10.1. The van der Waals surface area contributed by atoms with Gasteiger partial charge in [0, 0.05) is 36.8 Å². The van der Waals surface area contributed by atoms with Gasteiger partial charge in [-0.05, 0) is 42.0 Å². The molecule has 2 saturated heterocycles. The molecule has 31 heavy (non-hydrogen) atoms. The number of carbonyl (C=O) groups is 2. The van der Waals surface area contributed by atoms with Gasteiger partial charge in [0.15, 0.2) is 0 Å². The molecule has 2 aromatic carbocycles. The standard InChI is InChI=1S/C23H22ClFN2O4/c24-17-5-1-16(2-6-17)21(28)19-20(15-3-7-18(25)8-4-15)27(23(30)22(19)29)10-9-26-11-13-31-14-12-26/h1-8,20,28H,9-14H2/t20-/m1/s1. The molecule has 2 aromatic rings. The molecule has 8 heteroatoms. The Morgan fingerprint density at radius 1 is 1.03 bits per heavy atom. The van der Waals surface area contributed by atoms with Crippen LogP contribution >= 0.6 is 11.6 Å². The smallest absolute Gasteiger partial charge is 0.295 e. The lowest BCUT2D eigenvalue weighted by molar-refractivity contribution is -0.140. The molecule has 0 bridgehead atoms. The fourth-order valence-electron chi connectivity index (χ4n) is 3.94. The Bertz CT molecular complexity index is 1000. The van der Waals surface area contributed by atoms with Crippen LogP contribution < -0.4 is 0 Å². The minimum Gasteiger partial charge on any atom is -0.507 e. The molecule has 0 aliphatic carbocycles. The molecule has 2 aliphatic heterocycles. The van der Waals surface area contributed by atoms with Crippen LogP contribution in [0.2, 0.25) is 5.02 Å². The van der Waals surface area contributed by atoms with E-state index in [1.807, 2.05) is 0 Å². The highest BCUT2D eigenvalue weighted by Gasteiger charge is 2.46. The molecule has 0 radical (unpaired) electrons. The number of aliphatic hydroxyl groups is 1. The first kappa shape index (κ1) is 21.5. The first-order valence-corrected chi connectivity index (χ1v) is 10.4. The Balaban J connectivity index is 1.72. The van der Waals surface area contributed by atoms with Crippen LogP contribution in [0.15, 0.2) is 54.1 Å². The fraction of sp³-hybridized carbons (Fsp3) is 0.304. The Morgan fingerprint density at radius 2 is 1.68 bits per heavy atom. The van der Waals surface area contributed by atoms with Crippen LogP contribution in [0.4, 0.5) is 4.39 Å². The van der Waals surface area contributed by atoms with E-state index in [1.165, 1.54) is 29.2 Å². The second-order valence-electron chi connectivity index (χ2n) is 7.50. The number of aliphatic hydroxyl groups excluding tert-OH is 1. The maximum Gasteiger partial charge on any atom is 0.295 e. The average molecular weight is 445 g/mol. The van der Waals surface area contributed by atoms with Crippen molar-refractivity contribution in [2.24, 2.45) is 0 Å². The fourth-order valence-corrected chi connectivity index (χ4v) is 4.07. The van der Waals surface area contributed by atoms with E-state index >= 15 is 0 Å². The molecule has 1 atom stereocenters. The van der Waals surface area contributed by atoms with Crippen molar-refractivity contribution in [1.29, 1.82) is 0 Å². The summed E-state index contributed by atoms with van der Waals surface area (Å²) in [6, 6.07) is 11.2. The van der Waals surface area contributed by atoms with Crippen molar-refractivity contribution < 1.29 is 23.8 Å². The van der Waals surface area contributed by atoms with Gasteiger partial charge < -0.3 is 14.7 Å². The number of halogens is 2. The van der Waals surface area contributed by atoms with E-state index in [1.54, 1.807) is 24.3 Å². The maximum absolute atomic E-state index is 13.5. The number of morpholine rings is 1. The van der Waals surface area contributed by atoms with Gasteiger partial charge in [-0.25, -0.2) is 4.39 Å². The summed E-state index contributed by atoms with van der Waals surface area (Å²) in [5.41, 5.74) is 0.918. The Morgan fingerprint density at radius 3 is 2.32 bits per heavy atom. The van der Waals surface area contributed by atoms with Crippen LogP contribution in [0.3, 0.4) is 0 Å². The molecule has 0 saturated carbocycles. The topological polar surface area (TPSA) is 70.1 Å². The van der Waals surface area contributed by atoms with E-state index in [0.717, 1.165) is 13.1 Å². The lowest BCUT2D eigenvalue weighted by Gasteiger charge is -2.31. The average Bonchev–Trinajstić information content (AvgIpc) is 3.04. The van der Waals surface area contributed by atoms with Crippen molar-refractivity contribution in [2.45, 2.75) is 6.04 Å². The van der Waals surface area contributed by atoms with Gasteiger partial charge in [-0.3, -0.25) is 14.5 Å². The van der Waals surface area contributed by atoms with E-state index in [-0.39, 0.29) is 11.3 Å². The number of hydrogen-bond acceptors (Lipinski definition) is 5. The summed E-state index contributed by atoms with van der Waals surface area (Å²) in [5, 5.41) is 11.4. The molecule has 2 heterocycles. The van der Waals surface area contributed by atoms with Crippen LogP contribution in [0.1, 0.15) is 17.2 Å². The third-order valence-electron chi connectivity index (χ3n) is 5.60. The van der Waals surface area contributed by atoms with Gasteiger partial charge >= 0.3 is 0 Å². The van der Waals surface area contributed by atoms with Gasteiger partial charge in [0.2, 0.25) is 0 Å². The Hall–Kier alpha value is -2.74. The highest BCUT2D eigenvalue weighted by Crippen LogP contribution is 2.39. The molecular weight excluding hydrogens is 423 g/mol. The molecule has 6 nitrogen and oxygen atoms in total. The van der Waals surface area contributed by atoms with Crippen LogP contribution in [0, 0.1) is 5.82 Å². The van der Waals surface area contributed by atoms with E-state index in [2.05, 4.69) is 4.90 Å². The number of carbonyl (C=O) groups excluding carboxylic acids is 2. The lowest BCUT2D eigenvalue weighted by atomic mass is 9.95. The summed E-state index contributed by atoms with van der Waals surface area (Å²) in [7, 11) is 0. The third-order valence-corrected chi connectivity index (χ3v) is 5.86. The molecular formula is C23H22ClFN2O4. The zero-order chi connectivity index (χ0) is 22.0. The third kappa shape index (κ3) is 4.49. The highest BCUT2D eigenvalue weighted by molar-refractivity contribution is 6.46. The van der Waals surface area contributed by atoms with Gasteiger partial charge in [0.25, 0.3) is 11.7 Å². The van der Waals surface area contributed by atoms with Crippen LogP contribution in [0.25, 0.3) is 5.76 Å². The van der Waals surface area contributed by atoms with Gasteiger partial charge in [0.1, 0.15) is 11.6 Å². The first-order chi connectivity index (χ1) is 15.0. The maximum atomic E-state index is 13.5. The quantitative estimate of drug-likeness (QED) is 0.435. The predicted octanol–water partition coefficient (Wildman–Crippen LogP) is 3.23. The molecule has 0 aromatic heterocycles. The summed E-state index contributed by atoms with van der Waals surface area (Å²) in [4.78, 5) is 29.5. The lowest BCUT2D eigenvalue weighted by Crippen LogP contribution is -2.42. The number of likely N-dealkylation sites (tertiary alicyclic amines) is 1. The number of amides is 1.